The molecule has 0 fully saturated rings. The Morgan fingerprint density at radius 1 is 0.778 bits per heavy atom. The van der Waals surface area contributed by atoms with Gasteiger partial charge in [-0.1, -0.05) is 35.9 Å². The minimum Gasteiger partial charge on any atom is -0.495 e. The molecule has 0 spiro atoms. The second-order valence-corrected chi connectivity index (χ2v) is 6.11. The number of ether oxygens (including phenoxy) is 1. The standard InChI is InChI=1S/C21H17ClN2O3/c1-27-19-11-10-17(13-18(19)22)24-21(26)15-7-5-6-14(12-15)20(25)23-16-8-3-2-4-9-16/h2-13H,1H3,(H,23,25)(H,24,26). The van der Waals surface area contributed by atoms with Crippen molar-refractivity contribution in [2.24, 2.45) is 0 Å². The summed E-state index contributed by atoms with van der Waals surface area (Å²) < 4.78 is 5.09. The molecule has 0 saturated carbocycles. The lowest BCUT2D eigenvalue weighted by molar-refractivity contribution is 0.102. The van der Waals surface area contributed by atoms with E-state index in [0.717, 1.165) is 0 Å². The lowest BCUT2D eigenvalue weighted by Gasteiger charge is -2.09. The molecule has 6 heteroatoms. The highest BCUT2D eigenvalue weighted by Gasteiger charge is 2.12. The largest absolute Gasteiger partial charge is 0.495 e. The summed E-state index contributed by atoms with van der Waals surface area (Å²) in [5.41, 5.74) is 1.97. The molecule has 0 aliphatic heterocycles. The topological polar surface area (TPSA) is 67.4 Å². The van der Waals surface area contributed by atoms with E-state index in [-0.39, 0.29) is 11.8 Å². The lowest BCUT2D eigenvalue weighted by Crippen LogP contribution is -2.15. The number of hydrogen-bond donors (Lipinski definition) is 2. The highest BCUT2D eigenvalue weighted by molar-refractivity contribution is 6.32. The molecule has 2 N–H and O–H groups in total. The number of carbonyl (C=O) groups is 2. The molecular formula is C21H17ClN2O3. The van der Waals surface area contributed by atoms with Gasteiger partial charge in [0, 0.05) is 22.5 Å². The van der Waals surface area contributed by atoms with Gasteiger partial charge in [0.1, 0.15) is 5.75 Å². The molecule has 0 bridgehead atoms. The van der Waals surface area contributed by atoms with Gasteiger partial charge in [-0.25, -0.2) is 0 Å². The van der Waals surface area contributed by atoms with E-state index < -0.39 is 0 Å². The predicted molar refractivity (Wildman–Crippen MR) is 107 cm³/mol. The number of methoxy groups -OCH3 is 1. The van der Waals surface area contributed by atoms with Gasteiger partial charge in [-0.2, -0.15) is 0 Å². The van der Waals surface area contributed by atoms with E-state index >= 15 is 0 Å². The van der Waals surface area contributed by atoms with Gasteiger partial charge in [-0.05, 0) is 48.5 Å². The van der Waals surface area contributed by atoms with E-state index in [1.807, 2.05) is 18.2 Å². The molecule has 0 unspecified atom stereocenters. The predicted octanol–water partition coefficient (Wildman–Crippen LogP) is 4.85. The van der Waals surface area contributed by atoms with E-state index in [4.69, 9.17) is 16.3 Å². The monoisotopic (exact) mass is 380 g/mol. The summed E-state index contributed by atoms with van der Waals surface area (Å²) in [6, 6.07) is 20.6. The Kier molecular flexibility index (Phi) is 5.74. The molecule has 0 aliphatic carbocycles. The number of carbonyl (C=O) groups excluding carboxylic acids is 2. The van der Waals surface area contributed by atoms with Gasteiger partial charge in [0.05, 0.1) is 12.1 Å². The average Bonchev–Trinajstić information content (AvgIpc) is 2.69. The van der Waals surface area contributed by atoms with Gasteiger partial charge in [0.2, 0.25) is 0 Å². The van der Waals surface area contributed by atoms with Crippen LogP contribution in [0.5, 0.6) is 5.75 Å². The third kappa shape index (κ3) is 4.65. The van der Waals surface area contributed by atoms with Crippen LogP contribution in [0, 0.1) is 0 Å². The summed E-state index contributed by atoms with van der Waals surface area (Å²) in [5.74, 6) is -0.108. The van der Waals surface area contributed by atoms with Crippen LogP contribution in [0.15, 0.2) is 72.8 Å². The highest BCUT2D eigenvalue weighted by Crippen LogP contribution is 2.27. The van der Waals surface area contributed by atoms with Crippen molar-refractivity contribution in [3.63, 3.8) is 0 Å². The Hall–Kier alpha value is -3.31. The van der Waals surface area contributed by atoms with Crippen molar-refractivity contribution in [2.75, 3.05) is 17.7 Å². The molecule has 27 heavy (non-hydrogen) atoms. The Labute approximate surface area is 161 Å². The zero-order valence-electron chi connectivity index (χ0n) is 14.5. The van der Waals surface area contributed by atoms with Crippen LogP contribution in [0.1, 0.15) is 20.7 Å². The van der Waals surface area contributed by atoms with Crippen LogP contribution in [-0.4, -0.2) is 18.9 Å². The van der Waals surface area contributed by atoms with Crippen molar-refractivity contribution in [2.45, 2.75) is 0 Å². The quantitative estimate of drug-likeness (QED) is 0.664. The number of anilines is 2. The van der Waals surface area contributed by atoms with E-state index in [1.54, 1.807) is 54.6 Å². The van der Waals surface area contributed by atoms with Gasteiger partial charge < -0.3 is 15.4 Å². The third-order valence-corrected chi connectivity index (χ3v) is 4.12. The van der Waals surface area contributed by atoms with Crippen molar-refractivity contribution in [3.05, 3.63) is 88.9 Å². The second-order valence-electron chi connectivity index (χ2n) is 5.70. The first kappa shape index (κ1) is 18.5. The second kappa shape index (κ2) is 8.38. The summed E-state index contributed by atoms with van der Waals surface area (Å²) in [6.07, 6.45) is 0. The molecule has 136 valence electrons. The van der Waals surface area contributed by atoms with E-state index in [2.05, 4.69) is 10.6 Å². The number of amides is 2. The van der Waals surface area contributed by atoms with Gasteiger partial charge in [0.25, 0.3) is 11.8 Å². The lowest BCUT2D eigenvalue weighted by atomic mass is 10.1. The van der Waals surface area contributed by atoms with Gasteiger partial charge in [-0.3, -0.25) is 9.59 Å². The molecule has 0 heterocycles. The van der Waals surface area contributed by atoms with Crippen LogP contribution >= 0.6 is 11.6 Å². The van der Waals surface area contributed by atoms with E-state index in [0.29, 0.717) is 33.3 Å². The van der Waals surface area contributed by atoms with E-state index in [1.165, 1.54) is 7.11 Å². The van der Waals surface area contributed by atoms with Gasteiger partial charge in [-0.15, -0.1) is 0 Å². The van der Waals surface area contributed by atoms with Gasteiger partial charge in [0.15, 0.2) is 0 Å². The van der Waals surface area contributed by atoms with Crippen LogP contribution < -0.4 is 15.4 Å². The van der Waals surface area contributed by atoms with Gasteiger partial charge >= 0.3 is 0 Å². The summed E-state index contributed by atoms with van der Waals surface area (Å²) in [6.45, 7) is 0. The molecule has 0 aromatic heterocycles. The zero-order chi connectivity index (χ0) is 19.2. The number of para-hydroxylation sites is 1. The number of rotatable bonds is 5. The number of benzene rings is 3. The molecule has 3 aromatic rings. The van der Waals surface area contributed by atoms with E-state index in [9.17, 15) is 9.59 Å². The first-order chi connectivity index (χ1) is 13.1. The fourth-order valence-corrected chi connectivity index (χ4v) is 2.73. The molecule has 3 aromatic carbocycles. The Morgan fingerprint density at radius 3 is 2.00 bits per heavy atom. The summed E-state index contributed by atoms with van der Waals surface area (Å²) in [4.78, 5) is 24.9. The summed E-state index contributed by atoms with van der Waals surface area (Å²) in [7, 11) is 1.52. The molecule has 2 amide bonds. The molecule has 0 radical (unpaired) electrons. The SMILES string of the molecule is COc1ccc(NC(=O)c2cccc(C(=O)Nc3ccccc3)c2)cc1Cl. The fourth-order valence-electron chi connectivity index (χ4n) is 2.47. The first-order valence-electron chi connectivity index (χ1n) is 8.18. The maximum atomic E-state index is 12.5. The molecule has 5 nitrogen and oxygen atoms in total. The normalized spacial score (nSPS) is 10.1. The highest BCUT2D eigenvalue weighted by atomic mass is 35.5. The summed E-state index contributed by atoms with van der Waals surface area (Å²) in [5, 5.41) is 5.94. The van der Waals surface area contributed by atoms with Crippen molar-refractivity contribution in [1.82, 2.24) is 0 Å². The van der Waals surface area contributed by atoms with Crippen LogP contribution in [-0.2, 0) is 0 Å². The maximum Gasteiger partial charge on any atom is 0.255 e. The zero-order valence-corrected chi connectivity index (χ0v) is 15.3. The number of nitrogens with one attached hydrogen (secondary N) is 2. The third-order valence-electron chi connectivity index (χ3n) is 3.83. The Balaban J connectivity index is 1.73. The minimum atomic E-state index is -0.342. The van der Waals surface area contributed by atoms with Crippen LogP contribution in [0.2, 0.25) is 5.02 Å². The van der Waals surface area contributed by atoms with Crippen LogP contribution in [0.3, 0.4) is 0 Å². The Bertz CT molecular complexity index is 974. The molecule has 3 rings (SSSR count). The maximum absolute atomic E-state index is 12.5. The number of hydrogen-bond acceptors (Lipinski definition) is 3. The minimum absolute atomic E-state index is 0.289. The number of halogens is 1. The van der Waals surface area contributed by atoms with Crippen molar-refractivity contribution in [1.29, 1.82) is 0 Å². The molecule has 0 aliphatic rings. The van der Waals surface area contributed by atoms with Crippen molar-refractivity contribution in [3.8, 4) is 5.75 Å². The first-order valence-corrected chi connectivity index (χ1v) is 8.56. The Morgan fingerprint density at radius 2 is 1.41 bits per heavy atom. The molecular weight excluding hydrogens is 364 g/mol. The molecule has 0 saturated heterocycles. The molecule has 0 atom stereocenters. The van der Waals surface area contributed by atoms with Crippen LogP contribution in [0.25, 0.3) is 0 Å². The van der Waals surface area contributed by atoms with Crippen molar-refractivity contribution >= 4 is 34.8 Å². The fraction of sp³-hybridized carbons (Fsp3) is 0.0476. The smallest absolute Gasteiger partial charge is 0.255 e. The van der Waals surface area contributed by atoms with Crippen LogP contribution in [0.4, 0.5) is 11.4 Å². The average molecular weight is 381 g/mol. The summed E-state index contributed by atoms with van der Waals surface area (Å²) >= 11 is 6.07. The van der Waals surface area contributed by atoms with Crippen molar-refractivity contribution < 1.29 is 14.3 Å².